The van der Waals surface area contributed by atoms with Crippen molar-refractivity contribution < 1.29 is 14.3 Å². The van der Waals surface area contributed by atoms with Gasteiger partial charge in [0.25, 0.3) is 5.91 Å². The third-order valence-corrected chi connectivity index (χ3v) is 7.08. The van der Waals surface area contributed by atoms with Gasteiger partial charge in [0.2, 0.25) is 0 Å². The van der Waals surface area contributed by atoms with Crippen molar-refractivity contribution in [3.8, 4) is 0 Å². The predicted molar refractivity (Wildman–Crippen MR) is 136 cm³/mol. The molecule has 1 aliphatic heterocycles. The van der Waals surface area contributed by atoms with E-state index < -0.39 is 0 Å². The van der Waals surface area contributed by atoms with Crippen LogP contribution in [-0.2, 0) is 4.74 Å². The Morgan fingerprint density at radius 2 is 1.82 bits per heavy atom. The summed E-state index contributed by atoms with van der Waals surface area (Å²) in [5.41, 5.74) is 2.68. The highest BCUT2D eigenvalue weighted by molar-refractivity contribution is 6.10. The summed E-state index contributed by atoms with van der Waals surface area (Å²) in [6, 6.07) is 13.5. The molecular weight excluding hydrogens is 428 g/mol. The molecule has 0 saturated carbocycles. The van der Waals surface area contributed by atoms with Crippen molar-refractivity contribution in [2.24, 2.45) is 11.8 Å². The molecule has 7 nitrogen and oxygen atoms in total. The van der Waals surface area contributed by atoms with Crippen molar-refractivity contribution in [2.75, 3.05) is 26.3 Å². The van der Waals surface area contributed by atoms with Crippen LogP contribution < -0.4 is 16.0 Å². The number of fused-ring (bicyclic) bond motifs is 3. The molecule has 4 N–H and O–H groups in total. The topological polar surface area (TPSA) is 95.2 Å². The van der Waals surface area contributed by atoms with Gasteiger partial charge in [0.05, 0.1) is 0 Å². The van der Waals surface area contributed by atoms with Crippen LogP contribution in [0.4, 0.5) is 4.79 Å². The molecule has 3 amide bonds. The van der Waals surface area contributed by atoms with Crippen molar-refractivity contribution in [1.82, 2.24) is 20.9 Å². The van der Waals surface area contributed by atoms with Crippen molar-refractivity contribution in [3.63, 3.8) is 0 Å². The molecule has 182 valence electrons. The number of para-hydroxylation sites is 1. The molecule has 3 aromatic rings. The lowest BCUT2D eigenvalue weighted by Crippen LogP contribution is -2.49. The molecule has 1 unspecified atom stereocenters. The third-order valence-electron chi connectivity index (χ3n) is 7.08. The molecule has 1 saturated heterocycles. The van der Waals surface area contributed by atoms with E-state index >= 15 is 0 Å². The van der Waals surface area contributed by atoms with Crippen molar-refractivity contribution >= 4 is 33.7 Å². The summed E-state index contributed by atoms with van der Waals surface area (Å²) in [5, 5.41) is 11.2. The molecule has 0 spiro atoms. The monoisotopic (exact) mass is 464 g/mol. The van der Waals surface area contributed by atoms with Crippen LogP contribution in [0.1, 0.15) is 49.9 Å². The zero-order chi connectivity index (χ0) is 23.9. The van der Waals surface area contributed by atoms with Crippen LogP contribution in [0.15, 0.2) is 42.5 Å². The maximum Gasteiger partial charge on any atom is 0.314 e. The summed E-state index contributed by atoms with van der Waals surface area (Å²) < 4.78 is 5.39. The first kappa shape index (κ1) is 24.1. The van der Waals surface area contributed by atoms with Crippen LogP contribution >= 0.6 is 0 Å². The number of benzene rings is 2. The van der Waals surface area contributed by atoms with E-state index in [4.69, 9.17) is 4.74 Å². The van der Waals surface area contributed by atoms with E-state index in [0.29, 0.717) is 24.6 Å². The second-order valence-electron chi connectivity index (χ2n) is 9.38. The Labute approximate surface area is 201 Å². The molecular formula is C27H36N4O3. The first-order valence-corrected chi connectivity index (χ1v) is 12.5. The van der Waals surface area contributed by atoms with Gasteiger partial charge >= 0.3 is 6.03 Å². The van der Waals surface area contributed by atoms with Crippen LogP contribution in [-0.4, -0.2) is 49.3 Å². The van der Waals surface area contributed by atoms with Gasteiger partial charge in [-0.15, -0.1) is 0 Å². The van der Waals surface area contributed by atoms with Gasteiger partial charge in [-0.1, -0.05) is 38.5 Å². The van der Waals surface area contributed by atoms with Crippen LogP contribution in [0.25, 0.3) is 21.8 Å². The Kier molecular flexibility index (Phi) is 8.06. The van der Waals surface area contributed by atoms with Crippen LogP contribution in [0.3, 0.4) is 0 Å². The van der Waals surface area contributed by atoms with Crippen LogP contribution in [0.5, 0.6) is 0 Å². The zero-order valence-corrected chi connectivity index (χ0v) is 20.2. The molecule has 4 rings (SSSR count). The number of rotatable bonds is 9. The SMILES string of the molecule is CCC(C)[C@@H](CNC(=O)NCCC1CCOCC1)NC(=O)c1ccc2[nH]c3ccccc3c2c1. The van der Waals surface area contributed by atoms with E-state index in [9.17, 15) is 9.59 Å². The Morgan fingerprint density at radius 1 is 1.06 bits per heavy atom. The van der Waals surface area contributed by atoms with E-state index in [2.05, 4.69) is 40.8 Å². The number of hydrogen-bond acceptors (Lipinski definition) is 3. The molecule has 1 aliphatic rings. The summed E-state index contributed by atoms with van der Waals surface area (Å²) in [4.78, 5) is 28.8. The van der Waals surface area contributed by atoms with Crippen molar-refractivity contribution in [3.05, 3.63) is 48.0 Å². The summed E-state index contributed by atoms with van der Waals surface area (Å²) in [6.45, 7) is 6.87. The molecule has 1 fully saturated rings. The number of aromatic amines is 1. The first-order valence-electron chi connectivity index (χ1n) is 12.5. The zero-order valence-electron chi connectivity index (χ0n) is 20.2. The van der Waals surface area contributed by atoms with E-state index in [0.717, 1.165) is 60.7 Å². The maximum atomic E-state index is 13.1. The number of H-pyrrole nitrogens is 1. The number of carbonyl (C=O) groups is 2. The summed E-state index contributed by atoms with van der Waals surface area (Å²) in [7, 11) is 0. The van der Waals surface area contributed by atoms with Crippen LogP contribution in [0, 0.1) is 11.8 Å². The minimum absolute atomic E-state index is 0.126. The number of aromatic nitrogens is 1. The maximum absolute atomic E-state index is 13.1. The average Bonchev–Trinajstić information content (AvgIpc) is 3.24. The highest BCUT2D eigenvalue weighted by atomic mass is 16.5. The minimum Gasteiger partial charge on any atom is -0.381 e. The molecule has 7 heteroatoms. The summed E-state index contributed by atoms with van der Waals surface area (Å²) in [6.07, 6.45) is 4.00. The van der Waals surface area contributed by atoms with E-state index in [1.165, 1.54) is 0 Å². The number of ether oxygens (including phenoxy) is 1. The van der Waals surface area contributed by atoms with Gasteiger partial charge in [0.15, 0.2) is 0 Å². The molecule has 0 bridgehead atoms. The Balaban J connectivity index is 1.33. The number of hydrogen-bond donors (Lipinski definition) is 4. The third kappa shape index (κ3) is 5.89. The highest BCUT2D eigenvalue weighted by Gasteiger charge is 2.21. The fraction of sp³-hybridized carbons (Fsp3) is 0.481. The van der Waals surface area contributed by atoms with E-state index in [1.54, 1.807) is 0 Å². The second kappa shape index (κ2) is 11.4. The van der Waals surface area contributed by atoms with Gasteiger partial charge in [-0.05, 0) is 55.4 Å². The lowest BCUT2D eigenvalue weighted by Gasteiger charge is -2.25. The Bertz CT molecular complexity index is 1120. The number of urea groups is 1. The van der Waals surface area contributed by atoms with Crippen LogP contribution in [0.2, 0.25) is 0 Å². The predicted octanol–water partition coefficient (Wildman–Crippen LogP) is 4.58. The lowest BCUT2D eigenvalue weighted by molar-refractivity contribution is 0.0641. The first-order chi connectivity index (χ1) is 16.5. The molecule has 34 heavy (non-hydrogen) atoms. The summed E-state index contributed by atoms with van der Waals surface area (Å²) in [5.74, 6) is 0.721. The smallest absolute Gasteiger partial charge is 0.314 e. The minimum atomic E-state index is -0.185. The summed E-state index contributed by atoms with van der Waals surface area (Å²) >= 11 is 0. The van der Waals surface area contributed by atoms with E-state index in [1.807, 2.05) is 36.4 Å². The van der Waals surface area contributed by atoms with Gasteiger partial charge in [-0.2, -0.15) is 0 Å². The molecule has 1 aromatic heterocycles. The largest absolute Gasteiger partial charge is 0.381 e. The normalized spacial score (nSPS) is 16.3. The number of carbonyl (C=O) groups excluding carboxylic acids is 2. The second-order valence-corrected chi connectivity index (χ2v) is 9.38. The molecule has 2 heterocycles. The van der Waals surface area contributed by atoms with Gasteiger partial charge in [0.1, 0.15) is 0 Å². The fourth-order valence-corrected chi connectivity index (χ4v) is 4.61. The van der Waals surface area contributed by atoms with Crippen molar-refractivity contribution in [2.45, 2.75) is 45.6 Å². The Hall–Kier alpha value is -3.06. The van der Waals surface area contributed by atoms with Gasteiger partial charge in [-0.3, -0.25) is 4.79 Å². The number of nitrogens with one attached hydrogen (secondary N) is 4. The molecule has 0 radical (unpaired) electrons. The molecule has 0 aliphatic carbocycles. The average molecular weight is 465 g/mol. The molecule has 2 aromatic carbocycles. The number of amides is 3. The Morgan fingerprint density at radius 3 is 2.62 bits per heavy atom. The fourth-order valence-electron chi connectivity index (χ4n) is 4.61. The van der Waals surface area contributed by atoms with Gasteiger partial charge in [-0.25, -0.2) is 4.79 Å². The van der Waals surface area contributed by atoms with Gasteiger partial charge < -0.3 is 25.7 Å². The molecule has 2 atom stereocenters. The quantitative estimate of drug-likeness (QED) is 0.373. The lowest BCUT2D eigenvalue weighted by atomic mass is 9.97. The van der Waals surface area contributed by atoms with E-state index in [-0.39, 0.29) is 23.9 Å². The standard InChI is InChI=1S/C27H36N4O3/c1-3-18(2)25(17-29-27(33)28-13-10-19-11-14-34-15-12-19)31-26(32)20-8-9-24-22(16-20)21-6-4-5-7-23(21)30-24/h4-9,16,18-19,25,30H,3,10-15,17H2,1-2H3,(H,31,32)(H2,28,29,33)/t18?,25-/m1/s1. The highest BCUT2D eigenvalue weighted by Crippen LogP contribution is 2.26. The van der Waals surface area contributed by atoms with Gasteiger partial charge in [0, 0.05) is 59.7 Å². The van der Waals surface area contributed by atoms with Crippen molar-refractivity contribution in [1.29, 1.82) is 0 Å².